The molecule has 25 heavy (non-hydrogen) atoms. The Bertz CT molecular complexity index is 835. The number of nitrogens with two attached hydrogens (primary N) is 1. The number of nitrogens with zero attached hydrogens (tertiary/aromatic N) is 1. The third-order valence-electron chi connectivity index (χ3n) is 4.08. The Morgan fingerprint density at radius 2 is 1.92 bits per heavy atom. The van der Waals surface area contributed by atoms with Gasteiger partial charge in [-0.1, -0.05) is 55.1 Å². The Kier molecular flexibility index (Phi) is 6.80. The van der Waals surface area contributed by atoms with Crippen LogP contribution in [0.2, 0.25) is 0 Å². The summed E-state index contributed by atoms with van der Waals surface area (Å²) < 4.78 is 0. The SMILES string of the molecule is C=C/C(N)=C\C=C/CCc1cccc(Cc2ccc(C)c(C#N)c2)c1. The molecule has 0 aliphatic heterocycles. The van der Waals surface area contributed by atoms with E-state index in [-0.39, 0.29) is 0 Å². The highest BCUT2D eigenvalue weighted by molar-refractivity contribution is 5.41. The zero-order valence-electron chi connectivity index (χ0n) is 14.7. The first kappa shape index (κ1) is 18.3. The molecule has 0 atom stereocenters. The standard InChI is InChI=1S/C23H24N2/c1-3-23(25)11-6-4-5-8-19-9-7-10-20(14-19)15-21-13-12-18(2)22(16-21)17-24/h3-4,6-7,9-14,16H,1,5,8,15,25H2,2H3/b6-4-,23-11+. The summed E-state index contributed by atoms with van der Waals surface area (Å²) in [6.45, 7) is 5.59. The van der Waals surface area contributed by atoms with E-state index in [1.807, 2.05) is 31.2 Å². The van der Waals surface area contributed by atoms with Gasteiger partial charge in [0.2, 0.25) is 0 Å². The number of hydrogen-bond donors (Lipinski definition) is 1. The molecule has 2 heteroatoms. The van der Waals surface area contributed by atoms with E-state index in [4.69, 9.17) is 5.73 Å². The van der Waals surface area contributed by atoms with Gasteiger partial charge in [0, 0.05) is 5.70 Å². The Balaban J connectivity index is 1.99. The maximum absolute atomic E-state index is 9.17. The molecule has 126 valence electrons. The van der Waals surface area contributed by atoms with E-state index in [1.54, 1.807) is 6.08 Å². The van der Waals surface area contributed by atoms with Crippen LogP contribution in [0.25, 0.3) is 0 Å². The number of aryl methyl sites for hydroxylation is 2. The first-order chi connectivity index (χ1) is 12.1. The predicted octanol–water partition coefficient (Wildman–Crippen LogP) is 4.97. The molecule has 0 fully saturated rings. The third kappa shape index (κ3) is 5.82. The molecule has 0 aliphatic carbocycles. The van der Waals surface area contributed by atoms with Gasteiger partial charge in [-0.3, -0.25) is 0 Å². The van der Waals surface area contributed by atoms with Crippen LogP contribution in [0.4, 0.5) is 0 Å². The van der Waals surface area contributed by atoms with Gasteiger partial charge >= 0.3 is 0 Å². The largest absolute Gasteiger partial charge is 0.399 e. The van der Waals surface area contributed by atoms with Gasteiger partial charge in [-0.25, -0.2) is 0 Å². The minimum absolute atomic E-state index is 0.674. The zero-order chi connectivity index (χ0) is 18.1. The summed E-state index contributed by atoms with van der Waals surface area (Å²) in [6.07, 6.45) is 10.4. The lowest BCUT2D eigenvalue weighted by molar-refractivity contribution is 0.993. The van der Waals surface area contributed by atoms with Crippen molar-refractivity contribution in [1.82, 2.24) is 0 Å². The fourth-order valence-corrected chi connectivity index (χ4v) is 2.62. The van der Waals surface area contributed by atoms with Gasteiger partial charge in [0.1, 0.15) is 0 Å². The van der Waals surface area contributed by atoms with Gasteiger partial charge in [-0.2, -0.15) is 5.26 Å². The molecule has 2 aromatic carbocycles. The minimum Gasteiger partial charge on any atom is -0.399 e. The number of benzene rings is 2. The van der Waals surface area contributed by atoms with Crippen LogP contribution in [-0.2, 0) is 12.8 Å². The molecule has 0 spiro atoms. The molecule has 2 nitrogen and oxygen atoms in total. The summed E-state index contributed by atoms with van der Waals surface area (Å²) in [6, 6.07) is 17.0. The molecule has 0 unspecified atom stereocenters. The van der Waals surface area contributed by atoms with Gasteiger partial charge in [0.15, 0.2) is 0 Å². The molecule has 2 N–H and O–H groups in total. The van der Waals surface area contributed by atoms with Crippen LogP contribution in [0.15, 0.2) is 79.0 Å². The smallest absolute Gasteiger partial charge is 0.0994 e. The Hall–Kier alpha value is -3.05. The monoisotopic (exact) mass is 328 g/mol. The van der Waals surface area contributed by atoms with Gasteiger partial charge < -0.3 is 5.73 Å². The highest BCUT2D eigenvalue weighted by Crippen LogP contribution is 2.16. The topological polar surface area (TPSA) is 49.8 Å². The molecule has 0 aromatic heterocycles. The van der Waals surface area contributed by atoms with E-state index in [0.29, 0.717) is 5.70 Å². The lowest BCUT2D eigenvalue weighted by Crippen LogP contribution is -1.93. The fourth-order valence-electron chi connectivity index (χ4n) is 2.62. The number of nitriles is 1. The highest BCUT2D eigenvalue weighted by Gasteiger charge is 2.02. The Labute approximate surface area is 150 Å². The summed E-state index contributed by atoms with van der Waals surface area (Å²) in [4.78, 5) is 0. The first-order valence-corrected chi connectivity index (χ1v) is 8.44. The first-order valence-electron chi connectivity index (χ1n) is 8.44. The third-order valence-corrected chi connectivity index (χ3v) is 4.08. The molecule has 0 bridgehead atoms. The van der Waals surface area contributed by atoms with Gasteiger partial charge in [-0.15, -0.1) is 0 Å². The molecular formula is C23H24N2. The number of rotatable bonds is 7. The molecule has 2 aromatic rings. The van der Waals surface area contributed by atoms with Crippen molar-refractivity contribution >= 4 is 0 Å². The van der Waals surface area contributed by atoms with Gasteiger partial charge in [0.25, 0.3) is 0 Å². The van der Waals surface area contributed by atoms with Crippen LogP contribution >= 0.6 is 0 Å². The predicted molar refractivity (Wildman–Crippen MR) is 105 cm³/mol. The maximum Gasteiger partial charge on any atom is 0.0994 e. The summed E-state index contributed by atoms with van der Waals surface area (Å²) in [7, 11) is 0. The normalized spacial score (nSPS) is 11.4. The van der Waals surface area contributed by atoms with Crippen molar-refractivity contribution in [3.8, 4) is 6.07 Å². The van der Waals surface area contributed by atoms with Crippen LogP contribution in [0.3, 0.4) is 0 Å². The van der Waals surface area contributed by atoms with Gasteiger partial charge in [0.05, 0.1) is 11.6 Å². The molecule has 0 aliphatic rings. The van der Waals surface area contributed by atoms with E-state index >= 15 is 0 Å². The Morgan fingerprint density at radius 1 is 1.16 bits per heavy atom. The van der Waals surface area contributed by atoms with Crippen LogP contribution in [0.5, 0.6) is 0 Å². The highest BCUT2D eigenvalue weighted by atomic mass is 14.5. The van der Waals surface area contributed by atoms with Crippen LogP contribution < -0.4 is 5.73 Å². The van der Waals surface area contributed by atoms with Crippen molar-refractivity contribution in [2.45, 2.75) is 26.2 Å². The van der Waals surface area contributed by atoms with Crippen LogP contribution in [0, 0.1) is 18.3 Å². The lowest BCUT2D eigenvalue weighted by Gasteiger charge is -2.06. The number of allylic oxidation sites excluding steroid dienone is 4. The molecule has 0 saturated carbocycles. The molecule has 0 amide bonds. The van der Waals surface area contributed by atoms with Gasteiger partial charge in [-0.05, 0) is 66.7 Å². The molecular weight excluding hydrogens is 304 g/mol. The van der Waals surface area contributed by atoms with Crippen molar-refractivity contribution in [1.29, 1.82) is 5.26 Å². The minimum atomic E-state index is 0.674. The van der Waals surface area contributed by atoms with Crippen LogP contribution in [0.1, 0.15) is 34.2 Å². The van der Waals surface area contributed by atoms with E-state index in [0.717, 1.165) is 30.4 Å². The number of hydrogen-bond acceptors (Lipinski definition) is 2. The van der Waals surface area contributed by atoms with Crippen molar-refractivity contribution in [3.05, 3.63) is 107 Å². The van der Waals surface area contributed by atoms with Crippen molar-refractivity contribution in [2.24, 2.45) is 5.73 Å². The second kappa shape index (κ2) is 9.30. The summed E-state index contributed by atoms with van der Waals surface area (Å²) in [5, 5.41) is 9.17. The zero-order valence-corrected chi connectivity index (χ0v) is 14.7. The molecule has 0 saturated heterocycles. The van der Waals surface area contributed by atoms with Crippen molar-refractivity contribution in [2.75, 3.05) is 0 Å². The summed E-state index contributed by atoms with van der Waals surface area (Å²) in [5.41, 5.74) is 11.9. The van der Waals surface area contributed by atoms with Crippen LogP contribution in [-0.4, -0.2) is 0 Å². The van der Waals surface area contributed by atoms with Crippen molar-refractivity contribution < 1.29 is 0 Å². The lowest BCUT2D eigenvalue weighted by atomic mass is 9.98. The van der Waals surface area contributed by atoms with E-state index in [1.165, 1.54) is 16.7 Å². The molecule has 2 rings (SSSR count). The second-order valence-electron chi connectivity index (χ2n) is 6.10. The van der Waals surface area contributed by atoms with Crippen molar-refractivity contribution in [3.63, 3.8) is 0 Å². The quantitative estimate of drug-likeness (QED) is 0.729. The Morgan fingerprint density at radius 3 is 2.68 bits per heavy atom. The fraction of sp³-hybridized carbons (Fsp3) is 0.174. The maximum atomic E-state index is 9.17. The molecule has 0 heterocycles. The summed E-state index contributed by atoms with van der Waals surface area (Å²) >= 11 is 0. The average Bonchev–Trinajstić information content (AvgIpc) is 2.63. The molecule has 0 radical (unpaired) electrons. The van der Waals surface area contributed by atoms with E-state index < -0.39 is 0 Å². The van der Waals surface area contributed by atoms with E-state index in [9.17, 15) is 5.26 Å². The van der Waals surface area contributed by atoms with E-state index in [2.05, 4.69) is 49.1 Å². The second-order valence-corrected chi connectivity index (χ2v) is 6.10. The average molecular weight is 328 g/mol. The summed E-state index contributed by atoms with van der Waals surface area (Å²) in [5.74, 6) is 0.